The number of benzene rings is 1. The standard InChI is InChI=1S/C20H27FN4O3S/c1-14-8-11-24(12-9-14)29(27,28)20-15(2)23-25(16(20)3)13-10-19(26)22-18-7-5-4-6-17(18)21/h4-7,14H,8-13H2,1-3H3,(H,22,26). The number of nitrogens with zero attached hydrogens (tertiary/aromatic N) is 3. The van der Waals surface area contributed by atoms with Gasteiger partial charge < -0.3 is 5.32 Å². The van der Waals surface area contributed by atoms with Crippen molar-refractivity contribution in [2.75, 3.05) is 18.4 Å². The van der Waals surface area contributed by atoms with Gasteiger partial charge in [0.25, 0.3) is 0 Å². The first-order valence-corrected chi connectivity index (χ1v) is 11.2. The van der Waals surface area contributed by atoms with E-state index < -0.39 is 15.8 Å². The van der Waals surface area contributed by atoms with Crippen LogP contribution in [0.25, 0.3) is 0 Å². The molecule has 1 aliphatic heterocycles. The molecule has 1 N–H and O–H groups in total. The number of aromatic nitrogens is 2. The third-order valence-electron chi connectivity index (χ3n) is 5.35. The Labute approximate surface area is 171 Å². The summed E-state index contributed by atoms with van der Waals surface area (Å²) >= 11 is 0. The van der Waals surface area contributed by atoms with E-state index in [1.165, 1.54) is 21.1 Å². The number of para-hydroxylation sites is 1. The molecule has 3 rings (SSSR count). The maximum absolute atomic E-state index is 13.7. The quantitative estimate of drug-likeness (QED) is 0.775. The Balaban J connectivity index is 1.71. The zero-order valence-electron chi connectivity index (χ0n) is 17.0. The molecule has 0 radical (unpaired) electrons. The number of hydrogen-bond donors (Lipinski definition) is 1. The van der Waals surface area contributed by atoms with Gasteiger partial charge in [0.2, 0.25) is 15.9 Å². The molecule has 7 nitrogen and oxygen atoms in total. The largest absolute Gasteiger partial charge is 0.324 e. The highest BCUT2D eigenvalue weighted by molar-refractivity contribution is 7.89. The molecule has 9 heteroatoms. The first-order chi connectivity index (χ1) is 13.7. The molecule has 0 bridgehead atoms. The summed E-state index contributed by atoms with van der Waals surface area (Å²) in [5.74, 6) is -0.340. The lowest BCUT2D eigenvalue weighted by molar-refractivity contribution is -0.116. The number of nitrogens with one attached hydrogen (secondary N) is 1. The zero-order valence-corrected chi connectivity index (χ0v) is 17.8. The van der Waals surface area contributed by atoms with Crippen LogP contribution in [-0.4, -0.2) is 41.5 Å². The van der Waals surface area contributed by atoms with E-state index in [1.54, 1.807) is 26.0 Å². The Morgan fingerprint density at radius 1 is 1.24 bits per heavy atom. The predicted molar refractivity (Wildman–Crippen MR) is 109 cm³/mol. The normalized spacial score (nSPS) is 16.1. The van der Waals surface area contributed by atoms with E-state index in [1.807, 2.05) is 0 Å². The molecule has 0 saturated carbocycles. The highest BCUT2D eigenvalue weighted by Gasteiger charge is 2.33. The van der Waals surface area contributed by atoms with Crippen LogP contribution in [0.2, 0.25) is 0 Å². The van der Waals surface area contributed by atoms with Crippen molar-refractivity contribution in [3.05, 3.63) is 41.5 Å². The van der Waals surface area contributed by atoms with Crippen molar-refractivity contribution in [1.82, 2.24) is 14.1 Å². The van der Waals surface area contributed by atoms with Gasteiger partial charge in [-0.15, -0.1) is 0 Å². The van der Waals surface area contributed by atoms with E-state index in [2.05, 4.69) is 17.3 Å². The molecule has 1 saturated heterocycles. The lowest BCUT2D eigenvalue weighted by atomic mass is 10.0. The molecule has 2 heterocycles. The fourth-order valence-corrected chi connectivity index (χ4v) is 5.45. The number of piperidine rings is 1. The van der Waals surface area contributed by atoms with E-state index in [-0.39, 0.29) is 29.5 Å². The lowest BCUT2D eigenvalue weighted by Gasteiger charge is -2.29. The Morgan fingerprint density at radius 2 is 1.90 bits per heavy atom. The van der Waals surface area contributed by atoms with Crippen LogP contribution in [0.4, 0.5) is 10.1 Å². The highest BCUT2D eigenvalue weighted by Crippen LogP contribution is 2.27. The topological polar surface area (TPSA) is 84.3 Å². The molecule has 1 amide bonds. The Morgan fingerprint density at radius 3 is 2.55 bits per heavy atom. The van der Waals surface area contributed by atoms with Gasteiger partial charge in [0.05, 0.1) is 23.6 Å². The second kappa shape index (κ2) is 8.62. The first-order valence-electron chi connectivity index (χ1n) is 9.78. The SMILES string of the molecule is Cc1nn(CCC(=O)Nc2ccccc2F)c(C)c1S(=O)(=O)N1CCC(C)CC1. The third-order valence-corrected chi connectivity index (χ3v) is 7.51. The minimum absolute atomic E-state index is 0.0526. The van der Waals surface area contributed by atoms with Gasteiger partial charge in [0, 0.05) is 19.5 Å². The summed E-state index contributed by atoms with van der Waals surface area (Å²) in [6, 6.07) is 5.94. The molecule has 1 aliphatic rings. The molecule has 0 atom stereocenters. The van der Waals surface area contributed by atoms with E-state index in [0.29, 0.717) is 30.4 Å². The number of sulfonamides is 1. The fraction of sp³-hybridized carbons (Fsp3) is 0.500. The summed E-state index contributed by atoms with van der Waals surface area (Å²) in [6.07, 6.45) is 1.75. The van der Waals surface area contributed by atoms with Gasteiger partial charge in [0.15, 0.2) is 0 Å². The third kappa shape index (κ3) is 4.67. The van der Waals surface area contributed by atoms with Crippen molar-refractivity contribution in [3.8, 4) is 0 Å². The van der Waals surface area contributed by atoms with Crippen LogP contribution in [0.1, 0.15) is 37.6 Å². The van der Waals surface area contributed by atoms with Crippen LogP contribution in [0.3, 0.4) is 0 Å². The van der Waals surface area contributed by atoms with Gasteiger partial charge in [-0.2, -0.15) is 9.40 Å². The van der Waals surface area contributed by atoms with E-state index >= 15 is 0 Å². The number of carbonyl (C=O) groups excluding carboxylic acids is 1. The summed E-state index contributed by atoms with van der Waals surface area (Å²) in [6.45, 7) is 6.73. The lowest BCUT2D eigenvalue weighted by Crippen LogP contribution is -2.38. The fourth-order valence-electron chi connectivity index (χ4n) is 3.61. The molecule has 0 spiro atoms. The molecule has 158 valence electrons. The van der Waals surface area contributed by atoms with Crippen LogP contribution < -0.4 is 5.32 Å². The number of hydrogen-bond acceptors (Lipinski definition) is 4. The van der Waals surface area contributed by atoms with Gasteiger partial charge in [-0.3, -0.25) is 9.48 Å². The maximum atomic E-state index is 13.7. The Bertz CT molecular complexity index is 995. The molecule has 1 fully saturated rings. The second-order valence-electron chi connectivity index (χ2n) is 7.59. The minimum atomic E-state index is -3.62. The smallest absolute Gasteiger partial charge is 0.246 e. The molecular weight excluding hydrogens is 395 g/mol. The van der Waals surface area contributed by atoms with Crippen LogP contribution >= 0.6 is 0 Å². The summed E-state index contributed by atoms with van der Waals surface area (Å²) in [5.41, 5.74) is 1.06. The van der Waals surface area contributed by atoms with Crippen molar-refractivity contribution in [3.63, 3.8) is 0 Å². The van der Waals surface area contributed by atoms with E-state index in [0.717, 1.165) is 12.8 Å². The van der Waals surface area contributed by atoms with Crippen molar-refractivity contribution in [2.24, 2.45) is 5.92 Å². The van der Waals surface area contributed by atoms with E-state index in [9.17, 15) is 17.6 Å². The van der Waals surface area contributed by atoms with Crippen LogP contribution in [0.5, 0.6) is 0 Å². The number of rotatable bonds is 6. The molecule has 0 unspecified atom stereocenters. The number of carbonyl (C=O) groups is 1. The van der Waals surface area contributed by atoms with Gasteiger partial charge in [-0.05, 0) is 44.7 Å². The molecular formula is C20H27FN4O3S. The van der Waals surface area contributed by atoms with Gasteiger partial charge in [-0.1, -0.05) is 19.1 Å². The number of anilines is 1. The summed E-state index contributed by atoms with van der Waals surface area (Å²) in [4.78, 5) is 12.4. The van der Waals surface area contributed by atoms with Gasteiger partial charge in [-0.25, -0.2) is 12.8 Å². The van der Waals surface area contributed by atoms with Gasteiger partial charge >= 0.3 is 0 Å². The van der Waals surface area contributed by atoms with Gasteiger partial charge in [0.1, 0.15) is 10.7 Å². The van der Waals surface area contributed by atoms with Crippen LogP contribution in [0.15, 0.2) is 29.2 Å². The minimum Gasteiger partial charge on any atom is -0.324 e. The van der Waals surface area contributed by atoms with Crippen molar-refractivity contribution >= 4 is 21.6 Å². The summed E-state index contributed by atoms with van der Waals surface area (Å²) in [5, 5.41) is 6.87. The molecule has 1 aromatic carbocycles. The molecule has 2 aromatic rings. The average Bonchev–Trinajstić information content (AvgIpc) is 2.96. The second-order valence-corrected chi connectivity index (χ2v) is 9.46. The number of amides is 1. The highest BCUT2D eigenvalue weighted by atomic mass is 32.2. The van der Waals surface area contributed by atoms with E-state index in [4.69, 9.17) is 0 Å². The van der Waals surface area contributed by atoms with Crippen molar-refractivity contribution < 1.29 is 17.6 Å². The molecule has 0 aliphatic carbocycles. The first kappa shape index (κ1) is 21.4. The Kier molecular flexibility index (Phi) is 6.38. The molecule has 1 aromatic heterocycles. The van der Waals surface area contributed by atoms with Crippen molar-refractivity contribution in [2.45, 2.75) is 51.5 Å². The van der Waals surface area contributed by atoms with Crippen LogP contribution in [-0.2, 0) is 21.4 Å². The predicted octanol–water partition coefficient (Wildman–Crippen LogP) is 3.09. The van der Waals surface area contributed by atoms with Crippen molar-refractivity contribution in [1.29, 1.82) is 0 Å². The monoisotopic (exact) mass is 422 g/mol. The zero-order chi connectivity index (χ0) is 21.2. The number of halogens is 1. The Hall–Kier alpha value is -2.26. The average molecular weight is 423 g/mol. The summed E-state index contributed by atoms with van der Waals surface area (Å²) < 4.78 is 43.0. The maximum Gasteiger partial charge on any atom is 0.246 e. The van der Waals surface area contributed by atoms with Crippen LogP contribution in [0, 0.1) is 25.6 Å². The molecule has 29 heavy (non-hydrogen) atoms. The summed E-state index contributed by atoms with van der Waals surface area (Å²) in [7, 11) is -3.62. The number of aryl methyl sites for hydroxylation is 2.